The van der Waals surface area contributed by atoms with Gasteiger partial charge in [-0.25, -0.2) is 4.79 Å². The van der Waals surface area contributed by atoms with E-state index in [9.17, 15) is 19.5 Å². The van der Waals surface area contributed by atoms with Crippen LogP contribution in [-0.2, 0) is 14.3 Å². The SMILES string of the molecule is CCCCCCCN(C(=O)C(CC(C)C)NC(=O)OC(C)(C)C)C(C(=O)NC1CCCCC1)c1cccc(C)c1O. The third-order valence-corrected chi connectivity index (χ3v) is 7.56. The van der Waals surface area contributed by atoms with E-state index in [1.165, 1.54) is 0 Å². The standard InChI is InChI=1S/C33H55N3O5/c1-8-9-10-11-15-21-36(31(39)27(22-23(2)3)35-32(40)41-33(5,6)7)28(26-20-16-17-24(4)29(26)37)30(38)34-25-18-13-12-14-19-25/h16-17,20,23,25,27-28,37H,8-15,18-19,21-22H2,1-7H3,(H,34,38)(H,35,40). The summed E-state index contributed by atoms with van der Waals surface area (Å²) in [5.74, 6) is -0.516. The van der Waals surface area contributed by atoms with E-state index in [1.807, 2.05) is 13.8 Å². The maximum atomic E-state index is 14.4. The molecule has 1 aromatic carbocycles. The maximum absolute atomic E-state index is 14.4. The number of rotatable bonds is 14. The largest absolute Gasteiger partial charge is 0.507 e. The summed E-state index contributed by atoms with van der Waals surface area (Å²) >= 11 is 0. The molecule has 8 heteroatoms. The number of hydrogen-bond acceptors (Lipinski definition) is 5. The summed E-state index contributed by atoms with van der Waals surface area (Å²) in [6, 6.07) is 3.46. The Bertz CT molecular complexity index is 982. The number of carbonyl (C=O) groups excluding carboxylic acids is 3. The Hall–Kier alpha value is -2.77. The van der Waals surface area contributed by atoms with E-state index in [2.05, 4.69) is 17.6 Å². The van der Waals surface area contributed by atoms with Gasteiger partial charge in [0.25, 0.3) is 0 Å². The Morgan fingerprint density at radius 2 is 1.71 bits per heavy atom. The third kappa shape index (κ3) is 11.6. The van der Waals surface area contributed by atoms with E-state index in [4.69, 9.17) is 4.74 Å². The Balaban J connectivity index is 2.51. The summed E-state index contributed by atoms with van der Waals surface area (Å²) in [5.41, 5.74) is 0.323. The molecule has 1 fully saturated rings. The molecule has 0 saturated heterocycles. The number of unbranched alkanes of at least 4 members (excludes halogenated alkanes) is 4. The molecule has 2 unspecified atom stereocenters. The minimum atomic E-state index is -1.02. The zero-order chi connectivity index (χ0) is 30.6. The van der Waals surface area contributed by atoms with Crippen LogP contribution in [0.15, 0.2) is 18.2 Å². The van der Waals surface area contributed by atoms with Crippen molar-refractivity contribution in [3.05, 3.63) is 29.3 Å². The Morgan fingerprint density at radius 3 is 2.32 bits per heavy atom. The van der Waals surface area contributed by atoms with Gasteiger partial charge in [-0.2, -0.15) is 0 Å². The van der Waals surface area contributed by atoms with Crippen molar-refractivity contribution in [2.24, 2.45) is 5.92 Å². The fourth-order valence-electron chi connectivity index (χ4n) is 5.48. The Labute approximate surface area is 248 Å². The summed E-state index contributed by atoms with van der Waals surface area (Å²) in [4.78, 5) is 42.9. The van der Waals surface area contributed by atoms with Gasteiger partial charge >= 0.3 is 6.09 Å². The van der Waals surface area contributed by atoms with Gasteiger partial charge in [0.05, 0.1) is 0 Å². The van der Waals surface area contributed by atoms with E-state index in [1.54, 1.807) is 50.8 Å². The topological polar surface area (TPSA) is 108 Å². The molecule has 3 amide bonds. The van der Waals surface area contributed by atoms with Crippen LogP contribution in [0.25, 0.3) is 0 Å². The fraction of sp³-hybridized carbons (Fsp3) is 0.727. The number of nitrogens with one attached hydrogen (secondary N) is 2. The molecule has 2 rings (SSSR count). The number of amides is 3. The normalized spacial score (nSPS) is 15.7. The van der Waals surface area contributed by atoms with E-state index < -0.39 is 23.8 Å². The van der Waals surface area contributed by atoms with Crippen molar-refractivity contribution >= 4 is 17.9 Å². The van der Waals surface area contributed by atoms with Gasteiger partial charge in [-0.3, -0.25) is 9.59 Å². The highest BCUT2D eigenvalue weighted by molar-refractivity contribution is 5.92. The number of carbonyl (C=O) groups is 3. The number of alkyl carbamates (subject to hydrolysis) is 1. The number of nitrogens with zero attached hydrogens (tertiary/aromatic N) is 1. The smallest absolute Gasteiger partial charge is 0.408 e. The van der Waals surface area contributed by atoms with Crippen LogP contribution in [0.2, 0.25) is 0 Å². The molecule has 41 heavy (non-hydrogen) atoms. The minimum absolute atomic E-state index is 0.0144. The monoisotopic (exact) mass is 573 g/mol. The molecular formula is C33H55N3O5. The average Bonchev–Trinajstić information content (AvgIpc) is 2.88. The van der Waals surface area contributed by atoms with Crippen molar-refractivity contribution in [3.63, 3.8) is 0 Å². The number of hydrogen-bond donors (Lipinski definition) is 3. The lowest BCUT2D eigenvalue weighted by Crippen LogP contribution is -2.54. The van der Waals surface area contributed by atoms with Crippen LogP contribution in [0.5, 0.6) is 5.75 Å². The molecule has 0 spiro atoms. The van der Waals surface area contributed by atoms with Crippen molar-refractivity contribution in [3.8, 4) is 5.75 Å². The molecule has 0 bridgehead atoms. The zero-order valence-corrected chi connectivity index (χ0v) is 26.6. The van der Waals surface area contributed by atoms with Crippen molar-refractivity contribution in [1.82, 2.24) is 15.5 Å². The predicted octanol–water partition coefficient (Wildman–Crippen LogP) is 6.93. The second-order valence-electron chi connectivity index (χ2n) is 13.0. The first-order valence-electron chi connectivity index (χ1n) is 15.7. The molecule has 1 aromatic rings. The van der Waals surface area contributed by atoms with Gasteiger partial charge in [-0.05, 0) is 64.9 Å². The highest BCUT2D eigenvalue weighted by Gasteiger charge is 2.38. The van der Waals surface area contributed by atoms with Gasteiger partial charge in [-0.1, -0.05) is 83.9 Å². The molecule has 0 aromatic heterocycles. The van der Waals surface area contributed by atoms with E-state index in [0.717, 1.165) is 57.8 Å². The molecule has 0 aliphatic heterocycles. The Kier molecular flexibility index (Phi) is 14.0. The highest BCUT2D eigenvalue weighted by Crippen LogP contribution is 2.33. The summed E-state index contributed by atoms with van der Waals surface area (Å²) in [6.45, 7) is 13.6. The lowest BCUT2D eigenvalue weighted by atomic mass is 9.93. The maximum Gasteiger partial charge on any atom is 0.408 e. The highest BCUT2D eigenvalue weighted by atomic mass is 16.6. The van der Waals surface area contributed by atoms with Crippen LogP contribution >= 0.6 is 0 Å². The van der Waals surface area contributed by atoms with Gasteiger partial charge in [-0.15, -0.1) is 0 Å². The Morgan fingerprint density at radius 1 is 1.05 bits per heavy atom. The second kappa shape index (κ2) is 16.6. The first-order chi connectivity index (χ1) is 19.3. The number of aromatic hydroxyl groups is 1. The number of phenolic OH excluding ortho intramolecular Hbond substituents is 1. The minimum Gasteiger partial charge on any atom is -0.507 e. The van der Waals surface area contributed by atoms with Crippen LogP contribution in [0.3, 0.4) is 0 Å². The van der Waals surface area contributed by atoms with Crippen molar-refractivity contribution in [2.75, 3.05) is 6.54 Å². The molecule has 1 saturated carbocycles. The lowest BCUT2D eigenvalue weighted by Gasteiger charge is -2.36. The number of benzene rings is 1. The number of aryl methyl sites for hydroxylation is 1. The van der Waals surface area contributed by atoms with Crippen LogP contribution in [0.1, 0.15) is 129 Å². The van der Waals surface area contributed by atoms with E-state index in [-0.39, 0.29) is 29.5 Å². The first-order valence-corrected chi connectivity index (χ1v) is 15.7. The van der Waals surface area contributed by atoms with Crippen molar-refractivity contribution in [1.29, 1.82) is 0 Å². The fourth-order valence-corrected chi connectivity index (χ4v) is 5.48. The van der Waals surface area contributed by atoms with Crippen LogP contribution in [0, 0.1) is 12.8 Å². The van der Waals surface area contributed by atoms with Crippen LogP contribution in [0.4, 0.5) is 4.79 Å². The predicted molar refractivity (Wildman–Crippen MR) is 164 cm³/mol. The molecule has 1 aliphatic carbocycles. The molecule has 232 valence electrons. The molecule has 0 heterocycles. The number of para-hydroxylation sites is 1. The molecule has 8 nitrogen and oxygen atoms in total. The average molecular weight is 574 g/mol. The molecule has 2 atom stereocenters. The van der Waals surface area contributed by atoms with Crippen LogP contribution < -0.4 is 10.6 Å². The summed E-state index contributed by atoms with van der Waals surface area (Å²) in [6.07, 6.45) is 9.68. The van der Waals surface area contributed by atoms with Crippen molar-refractivity contribution in [2.45, 2.75) is 143 Å². The van der Waals surface area contributed by atoms with E-state index in [0.29, 0.717) is 30.5 Å². The van der Waals surface area contributed by atoms with Crippen molar-refractivity contribution < 1.29 is 24.2 Å². The lowest BCUT2D eigenvalue weighted by molar-refractivity contribution is -0.143. The third-order valence-electron chi connectivity index (χ3n) is 7.56. The molecule has 1 aliphatic rings. The van der Waals surface area contributed by atoms with Gasteiger partial charge in [0, 0.05) is 18.2 Å². The first kappa shape index (κ1) is 34.4. The molecule has 0 radical (unpaired) electrons. The second-order valence-corrected chi connectivity index (χ2v) is 13.0. The quantitative estimate of drug-likeness (QED) is 0.209. The van der Waals surface area contributed by atoms with Crippen LogP contribution in [-0.4, -0.2) is 52.1 Å². The summed E-state index contributed by atoms with van der Waals surface area (Å²) < 4.78 is 5.49. The zero-order valence-electron chi connectivity index (χ0n) is 26.6. The summed E-state index contributed by atoms with van der Waals surface area (Å²) in [7, 11) is 0. The molecule has 3 N–H and O–H groups in total. The van der Waals surface area contributed by atoms with Gasteiger partial charge in [0.1, 0.15) is 23.4 Å². The summed E-state index contributed by atoms with van der Waals surface area (Å²) in [5, 5.41) is 17.2. The van der Waals surface area contributed by atoms with Gasteiger partial charge in [0.15, 0.2) is 0 Å². The van der Waals surface area contributed by atoms with Gasteiger partial charge in [0.2, 0.25) is 11.8 Å². The number of phenols is 1. The van der Waals surface area contributed by atoms with E-state index >= 15 is 0 Å². The van der Waals surface area contributed by atoms with Gasteiger partial charge < -0.3 is 25.4 Å². The molecular weight excluding hydrogens is 518 g/mol. The number of ether oxygens (including phenoxy) is 1.